The van der Waals surface area contributed by atoms with Crippen LogP contribution < -0.4 is 0 Å². The minimum atomic E-state index is -1.65. The molecule has 4 heteroatoms. The Morgan fingerprint density at radius 2 is 1.45 bits per heavy atom. The summed E-state index contributed by atoms with van der Waals surface area (Å²) in [5.41, 5.74) is -0.695. The molecule has 2 aromatic rings. The van der Waals surface area contributed by atoms with E-state index in [1.54, 1.807) is 48.5 Å². The van der Waals surface area contributed by atoms with E-state index >= 15 is 0 Å². The first-order valence-corrected chi connectivity index (χ1v) is 10.1. The lowest BCUT2D eigenvalue weighted by Gasteiger charge is -2.26. The van der Waals surface area contributed by atoms with E-state index in [-0.39, 0.29) is 18.6 Å². The molecule has 29 heavy (non-hydrogen) atoms. The topological polar surface area (TPSA) is 70.3 Å². The van der Waals surface area contributed by atoms with Gasteiger partial charge in [0.1, 0.15) is 0 Å². The third kappa shape index (κ3) is 8.60. The van der Waals surface area contributed by atoms with Crippen LogP contribution in [0.2, 0.25) is 0 Å². The predicted molar refractivity (Wildman–Crippen MR) is 116 cm³/mol. The van der Waals surface area contributed by atoms with Crippen molar-refractivity contribution in [2.45, 2.75) is 46.1 Å². The summed E-state index contributed by atoms with van der Waals surface area (Å²) >= 11 is 0. The molecule has 0 radical (unpaired) electrons. The van der Waals surface area contributed by atoms with Crippen molar-refractivity contribution in [2.24, 2.45) is 11.8 Å². The van der Waals surface area contributed by atoms with Gasteiger partial charge >= 0.3 is 0 Å². The van der Waals surface area contributed by atoms with E-state index in [4.69, 9.17) is 10.00 Å². The maximum atomic E-state index is 12.6. The Bertz CT molecular complexity index is 743. The van der Waals surface area contributed by atoms with Crippen LogP contribution in [-0.2, 0) is 10.3 Å². The second kappa shape index (κ2) is 12.9. The van der Waals surface area contributed by atoms with Crippen LogP contribution in [0.5, 0.6) is 0 Å². The van der Waals surface area contributed by atoms with Crippen molar-refractivity contribution in [3.8, 4) is 6.07 Å². The molecule has 0 bridgehead atoms. The normalized spacial score (nSPS) is 12.6. The van der Waals surface area contributed by atoms with Gasteiger partial charge in [0.25, 0.3) is 0 Å². The Morgan fingerprint density at radius 3 is 1.90 bits per heavy atom. The number of hydrogen-bond donors (Lipinski definition) is 1. The van der Waals surface area contributed by atoms with Gasteiger partial charge in [-0.2, -0.15) is 5.26 Å². The van der Waals surface area contributed by atoms with Crippen LogP contribution in [0.15, 0.2) is 60.7 Å². The molecule has 0 amide bonds. The van der Waals surface area contributed by atoms with Gasteiger partial charge in [0.05, 0.1) is 6.07 Å². The van der Waals surface area contributed by atoms with Crippen molar-refractivity contribution >= 4 is 5.78 Å². The lowest BCUT2D eigenvalue weighted by atomic mass is 9.82. The van der Waals surface area contributed by atoms with E-state index in [0.29, 0.717) is 23.0 Å². The van der Waals surface area contributed by atoms with Crippen LogP contribution in [0.4, 0.5) is 0 Å². The van der Waals surface area contributed by atoms with Gasteiger partial charge in [0.15, 0.2) is 11.4 Å². The lowest BCUT2D eigenvalue weighted by Crippen LogP contribution is -2.35. The zero-order valence-electron chi connectivity index (χ0n) is 18.0. The van der Waals surface area contributed by atoms with E-state index < -0.39 is 5.60 Å². The third-order valence-electron chi connectivity index (χ3n) is 4.16. The van der Waals surface area contributed by atoms with Gasteiger partial charge in [-0.1, -0.05) is 88.4 Å². The molecule has 0 saturated carbocycles. The minimum absolute atomic E-state index is 0.0846. The van der Waals surface area contributed by atoms with Gasteiger partial charge < -0.3 is 9.84 Å². The summed E-state index contributed by atoms with van der Waals surface area (Å²) < 4.78 is 5.36. The number of carbonyl (C=O) groups excluding carboxylic acids is 1. The SMILES string of the molecule is CC(C)COCC(C)C.N#CCCC(O)(C(=O)c1ccccc1)c1ccccc1. The number of nitriles is 1. The molecular formula is C25H33NO3. The number of aliphatic hydroxyl groups is 1. The maximum absolute atomic E-state index is 12.6. The van der Waals surface area contributed by atoms with Crippen molar-refractivity contribution in [3.05, 3.63) is 71.8 Å². The van der Waals surface area contributed by atoms with Crippen LogP contribution >= 0.6 is 0 Å². The average Bonchev–Trinajstić information content (AvgIpc) is 2.72. The van der Waals surface area contributed by atoms with Crippen LogP contribution in [-0.4, -0.2) is 24.1 Å². The molecule has 0 aromatic heterocycles. The van der Waals surface area contributed by atoms with E-state index in [9.17, 15) is 9.90 Å². The first-order chi connectivity index (χ1) is 13.8. The number of rotatable bonds is 9. The predicted octanol–water partition coefficient (Wildman–Crippen LogP) is 5.38. The van der Waals surface area contributed by atoms with Crippen LogP contribution in [0, 0.1) is 23.2 Å². The highest BCUT2D eigenvalue weighted by Crippen LogP contribution is 2.30. The number of carbonyl (C=O) groups is 1. The van der Waals surface area contributed by atoms with Gasteiger partial charge in [0, 0.05) is 31.6 Å². The van der Waals surface area contributed by atoms with Crippen LogP contribution in [0.25, 0.3) is 0 Å². The summed E-state index contributed by atoms with van der Waals surface area (Å²) in [7, 11) is 0. The lowest BCUT2D eigenvalue weighted by molar-refractivity contribution is 0.0258. The van der Waals surface area contributed by atoms with E-state index in [2.05, 4.69) is 27.7 Å². The molecule has 0 saturated heterocycles. The van der Waals surface area contributed by atoms with E-state index in [0.717, 1.165) is 13.2 Å². The fraction of sp³-hybridized carbons (Fsp3) is 0.440. The molecule has 4 nitrogen and oxygen atoms in total. The van der Waals surface area contributed by atoms with Crippen LogP contribution in [0.3, 0.4) is 0 Å². The van der Waals surface area contributed by atoms with Crippen molar-refractivity contribution in [1.29, 1.82) is 5.26 Å². The highest BCUT2D eigenvalue weighted by Gasteiger charge is 2.37. The number of nitrogens with zero attached hydrogens (tertiary/aromatic N) is 1. The largest absolute Gasteiger partial charge is 0.381 e. The first-order valence-electron chi connectivity index (χ1n) is 10.1. The standard InChI is InChI=1S/C17H15NO2.C8H18O/c18-13-7-12-17(20,15-10-5-2-6-11-15)16(19)14-8-3-1-4-9-14;1-7(2)5-9-6-8(3)4/h1-6,8-11,20H,7,12H2;7-8H,5-6H2,1-4H3. The molecule has 1 N–H and O–H groups in total. The highest BCUT2D eigenvalue weighted by molar-refractivity contribution is 6.02. The van der Waals surface area contributed by atoms with Gasteiger partial charge in [-0.3, -0.25) is 4.79 Å². The van der Waals surface area contributed by atoms with Crippen molar-refractivity contribution in [1.82, 2.24) is 0 Å². The minimum Gasteiger partial charge on any atom is -0.381 e. The smallest absolute Gasteiger partial charge is 0.198 e. The fourth-order valence-corrected chi connectivity index (χ4v) is 2.71. The Labute approximate surface area is 175 Å². The Balaban J connectivity index is 0.000000396. The summed E-state index contributed by atoms with van der Waals surface area (Å²) in [6, 6.07) is 19.4. The second-order valence-corrected chi connectivity index (χ2v) is 7.90. The molecule has 0 fully saturated rings. The number of benzene rings is 2. The Hall–Kier alpha value is -2.48. The molecule has 1 unspecified atom stereocenters. The van der Waals surface area contributed by atoms with Gasteiger partial charge in [-0.25, -0.2) is 0 Å². The quantitative estimate of drug-likeness (QED) is 0.579. The summed E-state index contributed by atoms with van der Waals surface area (Å²) in [4.78, 5) is 12.6. The Kier molecular flexibility index (Phi) is 10.9. The van der Waals surface area contributed by atoms with Gasteiger partial charge in [-0.15, -0.1) is 0 Å². The van der Waals surface area contributed by atoms with Gasteiger partial charge in [0.2, 0.25) is 0 Å². The zero-order valence-corrected chi connectivity index (χ0v) is 18.0. The maximum Gasteiger partial charge on any atom is 0.198 e. The first kappa shape index (κ1) is 24.6. The van der Waals surface area contributed by atoms with E-state index in [1.165, 1.54) is 0 Å². The monoisotopic (exact) mass is 395 g/mol. The van der Waals surface area contributed by atoms with Crippen molar-refractivity contribution in [3.63, 3.8) is 0 Å². The molecule has 1 atom stereocenters. The third-order valence-corrected chi connectivity index (χ3v) is 4.16. The summed E-state index contributed by atoms with van der Waals surface area (Å²) in [6.45, 7) is 10.5. The molecular weight excluding hydrogens is 362 g/mol. The number of hydrogen-bond acceptors (Lipinski definition) is 4. The van der Waals surface area contributed by atoms with Crippen molar-refractivity contribution < 1.29 is 14.6 Å². The summed E-state index contributed by atoms with van der Waals surface area (Å²) in [5, 5.41) is 19.6. The molecule has 2 aromatic carbocycles. The summed E-state index contributed by atoms with van der Waals surface area (Å²) in [6.07, 6.45) is 0.200. The second-order valence-electron chi connectivity index (χ2n) is 7.90. The molecule has 0 heterocycles. The van der Waals surface area contributed by atoms with Crippen molar-refractivity contribution in [2.75, 3.05) is 13.2 Å². The zero-order chi connectivity index (χ0) is 21.7. The van der Waals surface area contributed by atoms with Gasteiger partial charge in [-0.05, 0) is 17.4 Å². The Morgan fingerprint density at radius 1 is 0.966 bits per heavy atom. The molecule has 0 aliphatic rings. The number of ketones is 1. The van der Waals surface area contributed by atoms with Crippen LogP contribution in [0.1, 0.15) is 56.5 Å². The summed E-state index contributed by atoms with van der Waals surface area (Å²) in [5.74, 6) is 0.965. The molecule has 0 aliphatic heterocycles. The molecule has 0 aliphatic carbocycles. The molecule has 0 spiro atoms. The highest BCUT2D eigenvalue weighted by atomic mass is 16.5. The number of ether oxygens (including phenoxy) is 1. The molecule has 156 valence electrons. The van der Waals surface area contributed by atoms with E-state index in [1.807, 2.05) is 18.2 Å². The fourth-order valence-electron chi connectivity index (χ4n) is 2.71. The average molecular weight is 396 g/mol. The molecule has 2 rings (SSSR count). The number of Topliss-reactive ketones (excluding diaryl/α,β-unsaturated/α-hetero) is 1.